The average Bonchev–Trinajstić information content (AvgIpc) is 3.22. The number of amides is 2. The number of fused-ring (bicyclic) bond motifs is 1. The standard InChI is InChI=1S/C23H24ClN3O4/c1-2-30-19-6-3-16-13-21(25-20(16)14-19)23(29)27-11-9-26(10-12-27)22(28)15-31-18-7-4-17(24)5-8-18/h3-8,13-14,25H,2,9-12,15H2,1H3. The van der Waals surface area contributed by atoms with Crippen molar-refractivity contribution in [2.45, 2.75) is 6.92 Å². The summed E-state index contributed by atoms with van der Waals surface area (Å²) in [5, 5.41) is 1.57. The lowest BCUT2D eigenvalue weighted by molar-refractivity contribution is -0.134. The molecule has 3 aromatic rings. The molecule has 0 atom stereocenters. The highest BCUT2D eigenvalue weighted by Gasteiger charge is 2.26. The van der Waals surface area contributed by atoms with E-state index >= 15 is 0 Å². The minimum absolute atomic E-state index is 0.0419. The SMILES string of the molecule is CCOc1ccc2cc(C(=O)N3CCN(C(=O)COc4ccc(Cl)cc4)CC3)[nH]c2c1. The number of carbonyl (C=O) groups excluding carboxylic acids is 2. The van der Waals surface area contributed by atoms with Gasteiger partial charge in [0.2, 0.25) is 0 Å². The zero-order valence-corrected chi connectivity index (χ0v) is 18.0. The largest absolute Gasteiger partial charge is 0.494 e. The van der Waals surface area contributed by atoms with Gasteiger partial charge in [0.25, 0.3) is 11.8 Å². The fourth-order valence-electron chi connectivity index (χ4n) is 3.57. The first-order valence-electron chi connectivity index (χ1n) is 10.2. The Morgan fingerprint density at radius 1 is 0.935 bits per heavy atom. The molecular formula is C23H24ClN3O4. The number of aromatic nitrogens is 1. The third-order valence-electron chi connectivity index (χ3n) is 5.23. The maximum atomic E-state index is 12.9. The summed E-state index contributed by atoms with van der Waals surface area (Å²) in [5.74, 6) is 1.19. The Morgan fingerprint density at radius 2 is 1.61 bits per heavy atom. The Balaban J connectivity index is 1.31. The van der Waals surface area contributed by atoms with Gasteiger partial charge in [-0.2, -0.15) is 0 Å². The van der Waals surface area contributed by atoms with Gasteiger partial charge in [0.05, 0.1) is 6.61 Å². The average molecular weight is 442 g/mol. The Morgan fingerprint density at radius 3 is 2.32 bits per heavy atom. The zero-order valence-electron chi connectivity index (χ0n) is 17.3. The van der Waals surface area contributed by atoms with Crippen LogP contribution in [-0.2, 0) is 4.79 Å². The molecule has 2 amide bonds. The van der Waals surface area contributed by atoms with Crippen LogP contribution in [0, 0.1) is 0 Å². The van der Waals surface area contributed by atoms with Crippen molar-refractivity contribution in [3.8, 4) is 11.5 Å². The summed E-state index contributed by atoms with van der Waals surface area (Å²) in [7, 11) is 0. The molecular weight excluding hydrogens is 418 g/mol. The van der Waals surface area contributed by atoms with Crippen molar-refractivity contribution in [2.24, 2.45) is 0 Å². The van der Waals surface area contributed by atoms with Crippen LogP contribution in [0.15, 0.2) is 48.5 Å². The summed E-state index contributed by atoms with van der Waals surface area (Å²) in [6.07, 6.45) is 0. The number of halogens is 1. The monoisotopic (exact) mass is 441 g/mol. The van der Waals surface area contributed by atoms with Crippen molar-refractivity contribution in [1.29, 1.82) is 0 Å². The van der Waals surface area contributed by atoms with Crippen LogP contribution in [0.25, 0.3) is 10.9 Å². The number of benzene rings is 2. The Hall–Kier alpha value is -3.19. The van der Waals surface area contributed by atoms with Gasteiger partial charge in [-0.15, -0.1) is 0 Å². The van der Waals surface area contributed by atoms with Gasteiger partial charge in [0.15, 0.2) is 6.61 Å². The Labute approximate surface area is 185 Å². The van der Waals surface area contributed by atoms with Crippen molar-refractivity contribution >= 4 is 34.3 Å². The van der Waals surface area contributed by atoms with Gasteiger partial charge in [-0.3, -0.25) is 9.59 Å². The molecule has 31 heavy (non-hydrogen) atoms. The van der Waals surface area contributed by atoms with Gasteiger partial charge in [-0.25, -0.2) is 0 Å². The van der Waals surface area contributed by atoms with Gasteiger partial charge < -0.3 is 24.3 Å². The first-order valence-corrected chi connectivity index (χ1v) is 10.6. The van der Waals surface area contributed by atoms with Gasteiger partial charge in [-0.05, 0) is 49.4 Å². The number of nitrogens with zero attached hydrogens (tertiary/aromatic N) is 2. The number of nitrogens with one attached hydrogen (secondary N) is 1. The predicted molar refractivity (Wildman–Crippen MR) is 119 cm³/mol. The number of aromatic amines is 1. The van der Waals surface area contributed by atoms with Crippen molar-refractivity contribution in [3.05, 3.63) is 59.2 Å². The molecule has 1 N–H and O–H groups in total. The molecule has 1 aliphatic heterocycles. The smallest absolute Gasteiger partial charge is 0.270 e. The number of hydrogen-bond donors (Lipinski definition) is 1. The lowest BCUT2D eigenvalue weighted by atomic mass is 10.2. The number of ether oxygens (including phenoxy) is 2. The highest BCUT2D eigenvalue weighted by Crippen LogP contribution is 2.22. The molecule has 0 bridgehead atoms. The van der Waals surface area contributed by atoms with E-state index in [1.807, 2.05) is 31.2 Å². The summed E-state index contributed by atoms with van der Waals surface area (Å²) in [4.78, 5) is 32.0. The molecule has 0 spiro atoms. The van der Waals surface area contributed by atoms with Gasteiger partial charge in [0.1, 0.15) is 17.2 Å². The van der Waals surface area contributed by atoms with E-state index < -0.39 is 0 Å². The lowest BCUT2D eigenvalue weighted by Crippen LogP contribution is -2.51. The molecule has 0 aliphatic carbocycles. The summed E-state index contributed by atoms with van der Waals surface area (Å²) >= 11 is 5.85. The third-order valence-corrected chi connectivity index (χ3v) is 5.48. The normalized spacial score (nSPS) is 14.0. The van der Waals surface area contributed by atoms with Crippen LogP contribution >= 0.6 is 11.6 Å². The van der Waals surface area contributed by atoms with E-state index in [0.29, 0.717) is 49.3 Å². The molecule has 2 aromatic carbocycles. The molecule has 1 saturated heterocycles. The summed E-state index contributed by atoms with van der Waals surface area (Å²) in [6.45, 7) is 4.39. The molecule has 162 valence electrons. The van der Waals surface area contributed by atoms with Gasteiger partial charge in [0, 0.05) is 48.2 Å². The molecule has 0 radical (unpaired) electrons. The van der Waals surface area contributed by atoms with E-state index in [0.717, 1.165) is 16.7 Å². The maximum absolute atomic E-state index is 12.9. The van der Waals surface area contributed by atoms with Crippen LogP contribution in [-0.4, -0.2) is 66.0 Å². The first-order chi connectivity index (χ1) is 15.0. The third kappa shape index (κ3) is 4.94. The van der Waals surface area contributed by atoms with Crippen molar-refractivity contribution < 1.29 is 19.1 Å². The predicted octanol–water partition coefficient (Wildman–Crippen LogP) is 3.58. The molecule has 1 fully saturated rings. The fourth-order valence-corrected chi connectivity index (χ4v) is 3.70. The van der Waals surface area contributed by atoms with E-state index in [2.05, 4.69) is 4.98 Å². The molecule has 4 rings (SSSR count). The molecule has 8 heteroatoms. The van der Waals surface area contributed by atoms with E-state index in [4.69, 9.17) is 21.1 Å². The summed E-state index contributed by atoms with van der Waals surface area (Å²) < 4.78 is 11.1. The minimum atomic E-state index is -0.101. The van der Waals surface area contributed by atoms with E-state index in [9.17, 15) is 9.59 Å². The van der Waals surface area contributed by atoms with Gasteiger partial charge in [-0.1, -0.05) is 11.6 Å². The highest BCUT2D eigenvalue weighted by atomic mass is 35.5. The molecule has 1 aliphatic rings. The number of carbonyl (C=O) groups is 2. The Bertz CT molecular complexity index is 1070. The van der Waals surface area contributed by atoms with Crippen LogP contribution in [0.1, 0.15) is 17.4 Å². The zero-order chi connectivity index (χ0) is 21.8. The van der Waals surface area contributed by atoms with Crippen LogP contribution in [0.4, 0.5) is 0 Å². The maximum Gasteiger partial charge on any atom is 0.270 e. The van der Waals surface area contributed by atoms with Crippen LogP contribution in [0.3, 0.4) is 0 Å². The molecule has 2 heterocycles. The highest BCUT2D eigenvalue weighted by molar-refractivity contribution is 6.30. The Kier molecular flexibility index (Phi) is 6.32. The summed E-state index contributed by atoms with van der Waals surface area (Å²) in [5.41, 5.74) is 1.40. The minimum Gasteiger partial charge on any atom is -0.494 e. The molecule has 7 nitrogen and oxygen atoms in total. The second kappa shape index (κ2) is 9.31. The molecule has 1 aromatic heterocycles. The van der Waals surface area contributed by atoms with E-state index in [-0.39, 0.29) is 18.4 Å². The second-order valence-corrected chi connectivity index (χ2v) is 7.72. The first kappa shape index (κ1) is 21.1. The van der Waals surface area contributed by atoms with E-state index in [1.54, 1.807) is 34.1 Å². The van der Waals surface area contributed by atoms with Crippen LogP contribution in [0.2, 0.25) is 5.02 Å². The second-order valence-electron chi connectivity index (χ2n) is 7.28. The molecule has 0 saturated carbocycles. The quantitative estimate of drug-likeness (QED) is 0.634. The van der Waals surface area contributed by atoms with Crippen molar-refractivity contribution in [3.63, 3.8) is 0 Å². The lowest BCUT2D eigenvalue weighted by Gasteiger charge is -2.34. The van der Waals surface area contributed by atoms with Crippen molar-refractivity contribution in [1.82, 2.24) is 14.8 Å². The number of H-pyrrole nitrogens is 1. The van der Waals surface area contributed by atoms with E-state index in [1.165, 1.54) is 0 Å². The molecule has 0 unspecified atom stereocenters. The van der Waals surface area contributed by atoms with Crippen molar-refractivity contribution in [2.75, 3.05) is 39.4 Å². The number of piperazine rings is 1. The van der Waals surface area contributed by atoms with Crippen LogP contribution in [0.5, 0.6) is 11.5 Å². The number of hydrogen-bond acceptors (Lipinski definition) is 4. The van der Waals surface area contributed by atoms with Crippen LogP contribution < -0.4 is 9.47 Å². The fraction of sp³-hybridized carbons (Fsp3) is 0.304. The summed E-state index contributed by atoms with van der Waals surface area (Å²) in [6, 6.07) is 14.5. The van der Waals surface area contributed by atoms with Gasteiger partial charge >= 0.3 is 0 Å². The number of rotatable bonds is 6. The topological polar surface area (TPSA) is 74.9 Å².